The van der Waals surface area contributed by atoms with Gasteiger partial charge in [-0.05, 0) is 57.0 Å². The van der Waals surface area contributed by atoms with Gasteiger partial charge in [-0.15, -0.1) is 0 Å². The van der Waals surface area contributed by atoms with E-state index >= 15 is 0 Å². The van der Waals surface area contributed by atoms with Crippen molar-refractivity contribution in [2.24, 2.45) is 0 Å². The van der Waals surface area contributed by atoms with Crippen molar-refractivity contribution >= 4 is 17.3 Å². The highest BCUT2D eigenvalue weighted by Crippen LogP contribution is 2.18. The van der Waals surface area contributed by atoms with Gasteiger partial charge in [0.25, 0.3) is 0 Å². The summed E-state index contributed by atoms with van der Waals surface area (Å²) in [6.07, 6.45) is 1.25. The maximum atomic E-state index is 12.0. The summed E-state index contributed by atoms with van der Waals surface area (Å²) in [5, 5.41) is 6.33. The molecule has 0 saturated heterocycles. The van der Waals surface area contributed by atoms with Crippen LogP contribution < -0.4 is 10.6 Å². The molecule has 0 bridgehead atoms. The molecule has 22 heavy (non-hydrogen) atoms. The van der Waals surface area contributed by atoms with Gasteiger partial charge < -0.3 is 10.6 Å². The van der Waals surface area contributed by atoms with Crippen LogP contribution in [0.25, 0.3) is 0 Å². The van der Waals surface area contributed by atoms with E-state index in [1.54, 1.807) is 0 Å². The van der Waals surface area contributed by atoms with Crippen LogP contribution in [0.5, 0.6) is 0 Å². The fourth-order valence-electron chi connectivity index (χ4n) is 2.20. The molecule has 2 aromatic carbocycles. The molecule has 2 rings (SSSR count). The lowest BCUT2D eigenvalue weighted by Gasteiger charge is -2.22. The van der Waals surface area contributed by atoms with E-state index in [0.717, 1.165) is 17.8 Å². The molecule has 0 aliphatic heterocycles. The van der Waals surface area contributed by atoms with Crippen molar-refractivity contribution < 1.29 is 4.79 Å². The van der Waals surface area contributed by atoms with E-state index in [1.807, 2.05) is 54.6 Å². The number of rotatable bonds is 5. The lowest BCUT2D eigenvalue weighted by molar-refractivity contribution is -0.116. The molecule has 116 valence electrons. The van der Waals surface area contributed by atoms with E-state index in [2.05, 4.69) is 31.4 Å². The average molecular weight is 296 g/mol. The number of amides is 1. The van der Waals surface area contributed by atoms with Gasteiger partial charge in [-0.3, -0.25) is 4.79 Å². The van der Waals surface area contributed by atoms with Gasteiger partial charge in [-0.1, -0.05) is 30.3 Å². The Morgan fingerprint density at radius 2 is 1.50 bits per heavy atom. The molecule has 3 heteroatoms. The van der Waals surface area contributed by atoms with Crippen LogP contribution in [-0.2, 0) is 11.2 Å². The highest BCUT2D eigenvalue weighted by molar-refractivity contribution is 5.91. The lowest BCUT2D eigenvalue weighted by atomic mass is 10.1. The first-order valence-electron chi connectivity index (χ1n) is 7.64. The molecule has 0 aromatic heterocycles. The van der Waals surface area contributed by atoms with E-state index in [9.17, 15) is 4.79 Å². The van der Waals surface area contributed by atoms with Crippen LogP contribution in [0, 0.1) is 0 Å². The van der Waals surface area contributed by atoms with Crippen molar-refractivity contribution in [1.82, 2.24) is 0 Å². The molecule has 2 N–H and O–H groups in total. The van der Waals surface area contributed by atoms with Crippen LogP contribution in [0.1, 0.15) is 32.8 Å². The van der Waals surface area contributed by atoms with Crippen LogP contribution in [0.2, 0.25) is 0 Å². The monoisotopic (exact) mass is 296 g/mol. The number of hydrogen-bond donors (Lipinski definition) is 2. The summed E-state index contributed by atoms with van der Waals surface area (Å²) < 4.78 is 0. The van der Waals surface area contributed by atoms with E-state index in [4.69, 9.17) is 0 Å². The number of hydrogen-bond acceptors (Lipinski definition) is 2. The Kier molecular flexibility index (Phi) is 5.21. The third-order valence-electron chi connectivity index (χ3n) is 3.17. The minimum absolute atomic E-state index is 0.0282. The summed E-state index contributed by atoms with van der Waals surface area (Å²) >= 11 is 0. The van der Waals surface area contributed by atoms with Crippen molar-refractivity contribution in [3.05, 3.63) is 60.2 Å². The Hall–Kier alpha value is -2.29. The fraction of sp³-hybridized carbons (Fsp3) is 0.316. The third kappa shape index (κ3) is 5.60. The van der Waals surface area contributed by atoms with Crippen LogP contribution in [0.4, 0.5) is 11.4 Å². The molecular formula is C19H24N2O. The van der Waals surface area contributed by atoms with Gasteiger partial charge in [0.15, 0.2) is 0 Å². The standard InChI is InChI=1S/C19H24N2O/c1-19(2,3)21-17-12-10-16(11-13-17)20-18(22)14-9-15-7-5-4-6-8-15/h4-8,10-13,21H,9,14H2,1-3H3,(H,20,22). The normalized spacial score (nSPS) is 11.0. The quantitative estimate of drug-likeness (QED) is 0.854. The maximum absolute atomic E-state index is 12.0. The number of benzene rings is 2. The summed E-state index contributed by atoms with van der Waals surface area (Å²) in [6, 6.07) is 17.9. The minimum atomic E-state index is 0.0282. The zero-order valence-corrected chi connectivity index (χ0v) is 13.5. The number of carbonyl (C=O) groups is 1. The van der Waals surface area contributed by atoms with Gasteiger partial charge >= 0.3 is 0 Å². The molecule has 0 radical (unpaired) electrons. The van der Waals surface area contributed by atoms with Crippen LogP contribution >= 0.6 is 0 Å². The smallest absolute Gasteiger partial charge is 0.224 e. The zero-order valence-electron chi connectivity index (χ0n) is 13.5. The van der Waals surface area contributed by atoms with Crippen LogP contribution in [0.15, 0.2) is 54.6 Å². The molecule has 0 aliphatic carbocycles. The molecule has 0 aliphatic rings. The third-order valence-corrected chi connectivity index (χ3v) is 3.17. The first-order chi connectivity index (χ1) is 10.4. The molecule has 3 nitrogen and oxygen atoms in total. The van der Waals surface area contributed by atoms with Gasteiger partial charge in [-0.25, -0.2) is 0 Å². The van der Waals surface area contributed by atoms with Gasteiger partial charge in [0.05, 0.1) is 0 Å². The SMILES string of the molecule is CC(C)(C)Nc1ccc(NC(=O)CCc2ccccc2)cc1. The highest BCUT2D eigenvalue weighted by Gasteiger charge is 2.09. The summed E-state index contributed by atoms with van der Waals surface area (Å²) in [4.78, 5) is 12.0. The summed E-state index contributed by atoms with van der Waals surface area (Å²) in [7, 11) is 0. The van der Waals surface area contributed by atoms with Crippen LogP contribution in [0.3, 0.4) is 0 Å². The first kappa shape index (κ1) is 16.1. The Morgan fingerprint density at radius 3 is 2.09 bits per heavy atom. The molecule has 0 atom stereocenters. The van der Waals surface area contributed by atoms with E-state index < -0.39 is 0 Å². The Labute approximate surface area is 132 Å². The van der Waals surface area contributed by atoms with Crippen molar-refractivity contribution in [3.63, 3.8) is 0 Å². The summed E-state index contributed by atoms with van der Waals surface area (Å²) in [6.45, 7) is 6.35. The van der Waals surface area contributed by atoms with Crippen LogP contribution in [-0.4, -0.2) is 11.4 Å². The molecule has 0 spiro atoms. The lowest BCUT2D eigenvalue weighted by Crippen LogP contribution is -2.25. The fourth-order valence-corrected chi connectivity index (χ4v) is 2.20. The van der Waals surface area contributed by atoms with Crippen molar-refractivity contribution in [1.29, 1.82) is 0 Å². The number of aryl methyl sites for hydroxylation is 1. The van der Waals surface area contributed by atoms with Gasteiger partial charge in [-0.2, -0.15) is 0 Å². The molecule has 0 heterocycles. The van der Waals surface area contributed by atoms with Crippen molar-refractivity contribution in [2.45, 2.75) is 39.2 Å². The number of anilines is 2. The molecule has 0 fully saturated rings. The number of nitrogens with one attached hydrogen (secondary N) is 2. The molecule has 0 saturated carbocycles. The second-order valence-corrected chi connectivity index (χ2v) is 6.49. The minimum Gasteiger partial charge on any atom is -0.380 e. The summed E-state index contributed by atoms with van der Waals surface area (Å²) in [5.74, 6) is 0.0420. The maximum Gasteiger partial charge on any atom is 0.224 e. The summed E-state index contributed by atoms with van der Waals surface area (Å²) in [5.41, 5.74) is 3.09. The van der Waals surface area contributed by atoms with Crippen molar-refractivity contribution in [2.75, 3.05) is 10.6 Å². The molecule has 1 amide bonds. The predicted molar refractivity (Wildman–Crippen MR) is 93.2 cm³/mol. The van der Waals surface area contributed by atoms with Gasteiger partial charge in [0.1, 0.15) is 0 Å². The first-order valence-corrected chi connectivity index (χ1v) is 7.64. The highest BCUT2D eigenvalue weighted by atomic mass is 16.1. The number of carbonyl (C=O) groups excluding carboxylic acids is 1. The Balaban J connectivity index is 1.84. The van der Waals surface area contributed by atoms with E-state index in [-0.39, 0.29) is 11.4 Å². The topological polar surface area (TPSA) is 41.1 Å². The average Bonchev–Trinajstić information content (AvgIpc) is 2.47. The zero-order chi connectivity index (χ0) is 16.0. The van der Waals surface area contributed by atoms with E-state index in [1.165, 1.54) is 5.56 Å². The molecular weight excluding hydrogens is 272 g/mol. The van der Waals surface area contributed by atoms with Crippen molar-refractivity contribution in [3.8, 4) is 0 Å². The van der Waals surface area contributed by atoms with Gasteiger partial charge in [0.2, 0.25) is 5.91 Å². The van der Waals surface area contributed by atoms with E-state index in [0.29, 0.717) is 6.42 Å². The molecule has 0 unspecified atom stereocenters. The second kappa shape index (κ2) is 7.12. The molecule has 2 aromatic rings. The Bertz CT molecular complexity index is 598. The second-order valence-electron chi connectivity index (χ2n) is 6.49. The predicted octanol–water partition coefficient (Wildman–Crippen LogP) is 4.47. The Morgan fingerprint density at radius 1 is 0.909 bits per heavy atom. The van der Waals surface area contributed by atoms with Gasteiger partial charge in [0, 0.05) is 23.3 Å². The largest absolute Gasteiger partial charge is 0.380 e.